The number of aryl methyl sites for hydroxylation is 2. The second-order valence-electron chi connectivity index (χ2n) is 6.41. The number of pyridine rings is 2. The molecule has 2 heterocycles. The number of benzene rings is 1. The molecule has 2 aromatic heterocycles. The first-order valence-electron chi connectivity index (χ1n) is 8.35. The molecule has 3 rings (SSSR count). The van der Waals surface area contributed by atoms with Crippen molar-refractivity contribution in [1.82, 2.24) is 9.97 Å². The zero-order valence-electron chi connectivity index (χ0n) is 15.1. The van der Waals surface area contributed by atoms with Crippen LogP contribution in [0.5, 0.6) is 0 Å². The molecule has 0 spiro atoms. The number of hydrogen-bond donors (Lipinski definition) is 1. The van der Waals surface area contributed by atoms with Crippen molar-refractivity contribution in [3.05, 3.63) is 57.8 Å². The lowest BCUT2D eigenvalue weighted by molar-refractivity contribution is 0.0379. The summed E-state index contributed by atoms with van der Waals surface area (Å²) in [6.45, 7) is 7.57. The van der Waals surface area contributed by atoms with Gasteiger partial charge in [-0.1, -0.05) is 15.9 Å². The first-order chi connectivity index (χ1) is 12.3. The van der Waals surface area contributed by atoms with Gasteiger partial charge in [0.2, 0.25) is 0 Å². The Kier molecular flexibility index (Phi) is 5.23. The molecule has 1 N–H and O–H groups in total. The average Bonchev–Trinajstić information content (AvgIpc) is 2.57. The molecule has 0 aliphatic carbocycles. The van der Waals surface area contributed by atoms with Crippen LogP contribution in [0.2, 0.25) is 0 Å². The van der Waals surface area contributed by atoms with Gasteiger partial charge in [0.25, 0.3) is 0 Å². The van der Waals surface area contributed by atoms with E-state index in [1.165, 1.54) is 6.20 Å². The van der Waals surface area contributed by atoms with Crippen LogP contribution in [-0.4, -0.2) is 22.0 Å². The first kappa shape index (κ1) is 18.3. The van der Waals surface area contributed by atoms with Gasteiger partial charge in [-0.3, -0.25) is 0 Å². The van der Waals surface area contributed by atoms with Crippen LogP contribution < -0.4 is 5.32 Å². The highest BCUT2D eigenvalue weighted by Gasteiger charge is 2.19. The highest BCUT2D eigenvalue weighted by molar-refractivity contribution is 9.10. The molecule has 0 unspecified atom stereocenters. The van der Waals surface area contributed by atoms with E-state index >= 15 is 0 Å². The Morgan fingerprint density at radius 1 is 1.19 bits per heavy atom. The van der Waals surface area contributed by atoms with Crippen molar-refractivity contribution in [3.63, 3.8) is 0 Å². The lowest BCUT2D eigenvalue weighted by Gasteiger charge is -2.16. The normalized spacial score (nSPS) is 11.0. The van der Waals surface area contributed by atoms with Gasteiger partial charge >= 0.3 is 5.97 Å². The minimum Gasteiger partial charge on any atom is -0.459 e. The van der Waals surface area contributed by atoms with E-state index in [0.29, 0.717) is 16.9 Å². The molecular weight excluding hydrogens is 394 g/mol. The molecule has 0 bridgehead atoms. The number of carbonyl (C=O) groups is 1. The number of halogens is 1. The summed E-state index contributed by atoms with van der Waals surface area (Å²) in [5.74, 6) is -0.411. The summed E-state index contributed by atoms with van der Waals surface area (Å²) in [5.41, 5.74) is 4.45. The summed E-state index contributed by atoms with van der Waals surface area (Å²) in [6.07, 6.45) is 1.31. The largest absolute Gasteiger partial charge is 0.459 e. The Morgan fingerprint density at radius 3 is 2.65 bits per heavy atom. The predicted octanol–water partition coefficient (Wildman–Crippen LogP) is 5.32. The standard InChI is InChI=1S/C20H20BrN3O2/c1-11(2)26-20(25)16-10-22-19-15(7-5-13(4)23-19)18(16)24-14-6-8-17(21)12(3)9-14/h5-11H,1-4H3,(H,22,23,24). The van der Waals surface area contributed by atoms with Crippen LogP contribution >= 0.6 is 15.9 Å². The molecule has 3 aromatic rings. The van der Waals surface area contributed by atoms with Gasteiger partial charge in [0.05, 0.1) is 11.8 Å². The number of esters is 1. The van der Waals surface area contributed by atoms with Crippen LogP contribution in [0.15, 0.2) is 41.0 Å². The number of hydrogen-bond acceptors (Lipinski definition) is 5. The van der Waals surface area contributed by atoms with E-state index < -0.39 is 5.97 Å². The van der Waals surface area contributed by atoms with Gasteiger partial charge < -0.3 is 10.1 Å². The highest BCUT2D eigenvalue weighted by Crippen LogP contribution is 2.30. The van der Waals surface area contributed by atoms with E-state index in [4.69, 9.17) is 4.74 Å². The van der Waals surface area contributed by atoms with Crippen molar-refractivity contribution in [2.24, 2.45) is 0 Å². The zero-order chi connectivity index (χ0) is 18.8. The molecular formula is C20H20BrN3O2. The number of aromatic nitrogens is 2. The smallest absolute Gasteiger partial charge is 0.342 e. The van der Waals surface area contributed by atoms with Crippen LogP contribution in [-0.2, 0) is 4.74 Å². The maximum absolute atomic E-state index is 12.6. The maximum Gasteiger partial charge on any atom is 0.342 e. The van der Waals surface area contributed by atoms with E-state index in [9.17, 15) is 4.79 Å². The Labute approximate surface area is 160 Å². The second kappa shape index (κ2) is 7.41. The number of carbonyl (C=O) groups excluding carboxylic acids is 1. The number of ether oxygens (including phenoxy) is 1. The Morgan fingerprint density at radius 2 is 1.96 bits per heavy atom. The first-order valence-corrected chi connectivity index (χ1v) is 9.15. The summed E-state index contributed by atoms with van der Waals surface area (Å²) >= 11 is 3.51. The maximum atomic E-state index is 12.6. The number of fused-ring (bicyclic) bond motifs is 1. The predicted molar refractivity (Wildman–Crippen MR) is 107 cm³/mol. The molecule has 5 nitrogen and oxygen atoms in total. The highest BCUT2D eigenvalue weighted by atomic mass is 79.9. The van der Waals surface area contributed by atoms with E-state index in [1.54, 1.807) is 0 Å². The average molecular weight is 414 g/mol. The number of rotatable bonds is 4. The van der Waals surface area contributed by atoms with E-state index in [-0.39, 0.29) is 6.10 Å². The summed E-state index contributed by atoms with van der Waals surface area (Å²) < 4.78 is 6.41. The van der Waals surface area contributed by atoms with Crippen molar-refractivity contribution in [3.8, 4) is 0 Å². The molecule has 134 valence electrons. The topological polar surface area (TPSA) is 64.1 Å². The third kappa shape index (κ3) is 3.85. The second-order valence-corrected chi connectivity index (χ2v) is 7.27. The van der Waals surface area contributed by atoms with Crippen LogP contribution in [0.1, 0.15) is 35.5 Å². The van der Waals surface area contributed by atoms with Gasteiger partial charge in [0.1, 0.15) is 5.56 Å². The molecule has 0 aliphatic rings. The molecule has 0 saturated carbocycles. The summed E-state index contributed by atoms with van der Waals surface area (Å²) in [7, 11) is 0. The van der Waals surface area contributed by atoms with Crippen molar-refractivity contribution in [2.75, 3.05) is 5.32 Å². The molecule has 26 heavy (non-hydrogen) atoms. The number of nitrogens with zero attached hydrogens (tertiary/aromatic N) is 2. The van der Waals surface area contributed by atoms with E-state index in [0.717, 1.165) is 26.8 Å². The lowest BCUT2D eigenvalue weighted by atomic mass is 10.1. The molecule has 0 radical (unpaired) electrons. The lowest BCUT2D eigenvalue weighted by Crippen LogP contribution is -2.14. The fourth-order valence-corrected chi connectivity index (χ4v) is 2.85. The van der Waals surface area contributed by atoms with Gasteiger partial charge in [-0.2, -0.15) is 0 Å². The quantitative estimate of drug-likeness (QED) is 0.586. The van der Waals surface area contributed by atoms with Crippen LogP contribution in [0.25, 0.3) is 11.0 Å². The van der Waals surface area contributed by atoms with E-state index in [1.807, 2.05) is 58.0 Å². The Balaban J connectivity index is 2.14. The minimum atomic E-state index is -0.411. The monoisotopic (exact) mass is 413 g/mol. The van der Waals surface area contributed by atoms with Crippen LogP contribution in [0, 0.1) is 13.8 Å². The zero-order valence-corrected chi connectivity index (χ0v) is 16.7. The third-order valence-electron chi connectivity index (χ3n) is 3.86. The summed E-state index contributed by atoms with van der Waals surface area (Å²) in [4.78, 5) is 21.4. The SMILES string of the molecule is Cc1ccc2c(Nc3ccc(Br)c(C)c3)c(C(=O)OC(C)C)cnc2n1. The Hall–Kier alpha value is -2.47. The Bertz CT molecular complexity index is 986. The molecule has 0 fully saturated rings. The van der Waals surface area contributed by atoms with Crippen molar-refractivity contribution < 1.29 is 9.53 Å². The van der Waals surface area contributed by atoms with Crippen molar-refractivity contribution >= 4 is 44.3 Å². The van der Waals surface area contributed by atoms with Gasteiger partial charge in [0, 0.05) is 27.4 Å². The molecule has 6 heteroatoms. The molecule has 0 amide bonds. The van der Waals surface area contributed by atoms with Gasteiger partial charge in [-0.25, -0.2) is 14.8 Å². The fraction of sp³-hybridized carbons (Fsp3) is 0.250. The van der Waals surface area contributed by atoms with E-state index in [2.05, 4.69) is 31.2 Å². The molecule has 1 aromatic carbocycles. The third-order valence-corrected chi connectivity index (χ3v) is 4.75. The number of anilines is 2. The van der Waals surface area contributed by atoms with Gasteiger partial charge in [-0.05, 0) is 63.6 Å². The van der Waals surface area contributed by atoms with Crippen molar-refractivity contribution in [2.45, 2.75) is 33.8 Å². The molecule has 0 saturated heterocycles. The molecule has 0 aliphatic heterocycles. The summed E-state index contributed by atoms with van der Waals surface area (Å²) in [5, 5.41) is 4.13. The molecule has 0 atom stereocenters. The van der Waals surface area contributed by atoms with Gasteiger partial charge in [0.15, 0.2) is 5.65 Å². The van der Waals surface area contributed by atoms with Gasteiger partial charge in [-0.15, -0.1) is 0 Å². The fourth-order valence-electron chi connectivity index (χ4n) is 2.61. The van der Waals surface area contributed by atoms with Crippen LogP contribution in [0.3, 0.4) is 0 Å². The van der Waals surface area contributed by atoms with Crippen molar-refractivity contribution in [1.29, 1.82) is 0 Å². The number of nitrogens with one attached hydrogen (secondary N) is 1. The van der Waals surface area contributed by atoms with Crippen LogP contribution in [0.4, 0.5) is 11.4 Å². The summed E-state index contributed by atoms with van der Waals surface area (Å²) in [6, 6.07) is 9.75. The minimum absolute atomic E-state index is 0.211.